The van der Waals surface area contributed by atoms with Crippen LogP contribution >= 0.6 is 0 Å². The summed E-state index contributed by atoms with van der Waals surface area (Å²) in [7, 11) is 2.08. The number of rotatable bonds is 6. The Morgan fingerprint density at radius 1 is 1.20 bits per heavy atom. The number of aliphatic hydroxyl groups excluding tert-OH is 1. The molecule has 2 N–H and O–H groups in total. The predicted molar refractivity (Wildman–Crippen MR) is 101 cm³/mol. The fourth-order valence-corrected chi connectivity index (χ4v) is 3.49. The summed E-state index contributed by atoms with van der Waals surface area (Å²) in [6.07, 6.45) is 1.05. The second-order valence-electron chi connectivity index (χ2n) is 6.69. The lowest BCUT2D eigenvalue weighted by Gasteiger charge is -2.18. The Hall–Kier alpha value is -2.33. The average Bonchev–Trinajstić information content (AvgIpc) is 3.01. The summed E-state index contributed by atoms with van der Waals surface area (Å²) in [4.78, 5) is 14.7. The minimum Gasteiger partial charge on any atom is -0.387 e. The van der Waals surface area contributed by atoms with Crippen LogP contribution in [0.4, 0.5) is 5.69 Å². The predicted octanol–water partition coefficient (Wildman–Crippen LogP) is 3.02. The number of nitrogens with one attached hydrogen (secondary N) is 1. The van der Waals surface area contributed by atoms with Crippen molar-refractivity contribution < 1.29 is 9.90 Å². The van der Waals surface area contributed by atoms with Crippen LogP contribution in [0.25, 0.3) is 0 Å². The number of carbonyl (C=O) groups excluding carboxylic acids is 1. The number of amides is 1. The van der Waals surface area contributed by atoms with Gasteiger partial charge in [-0.05, 0) is 35.6 Å². The van der Waals surface area contributed by atoms with Crippen molar-refractivity contribution in [1.82, 2.24) is 5.32 Å². The SMILES string of the molecule is CC[C@@H](C(=O)NC[C@H](O)c1ccc2c(c1)CCN2C)c1ccccc1. The van der Waals surface area contributed by atoms with E-state index in [1.807, 2.05) is 43.3 Å². The Labute approximate surface area is 149 Å². The van der Waals surface area contributed by atoms with E-state index in [-0.39, 0.29) is 18.4 Å². The molecule has 0 aromatic heterocycles. The van der Waals surface area contributed by atoms with E-state index in [4.69, 9.17) is 0 Å². The fourth-order valence-electron chi connectivity index (χ4n) is 3.49. The summed E-state index contributed by atoms with van der Waals surface area (Å²) in [6, 6.07) is 15.9. The molecule has 2 aromatic rings. The van der Waals surface area contributed by atoms with Gasteiger partial charge in [-0.25, -0.2) is 0 Å². The topological polar surface area (TPSA) is 52.6 Å². The van der Waals surface area contributed by atoms with E-state index in [1.165, 1.54) is 11.3 Å². The maximum Gasteiger partial charge on any atom is 0.227 e. The first-order valence-electron chi connectivity index (χ1n) is 8.94. The third kappa shape index (κ3) is 3.85. The first-order chi connectivity index (χ1) is 12.1. The number of anilines is 1. The molecule has 3 rings (SSSR count). The standard InChI is InChI=1S/C21H26N2O2/c1-3-18(15-7-5-4-6-8-15)21(25)22-14-20(24)17-9-10-19-16(13-17)11-12-23(19)2/h4-10,13,18,20,24H,3,11-12,14H2,1-2H3,(H,22,25)/t18-,20+/m1/s1. The normalized spacial score (nSPS) is 15.6. The molecule has 132 valence electrons. The van der Waals surface area contributed by atoms with E-state index in [0.717, 1.165) is 30.5 Å². The number of hydrogen-bond acceptors (Lipinski definition) is 3. The highest BCUT2D eigenvalue weighted by Crippen LogP contribution is 2.29. The number of likely N-dealkylation sites (N-methyl/N-ethyl adjacent to an activating group) is 1. The van der Waals surface area contributed by atoms with Gasteiger partial charge in [0.05, 0.1) is 12.0 Å². The van der Waals surface area contributed by atoms with Crippen LogP contribution < -0.4 is 10.2 Å². The van der Waals surface area contributed by atoms with Gasteiger partial charge >= 0.3 is 0 Å². The highest BCUT2D eigenvalue weighted by molar-refractivity contribution is 5.83. The maximum atomic E-state index is 12.5. The number of hydrogen-bond donors (Lipinski definition) is 2. The maximum absolute atomic E-state index is 12.5. The van der Waals surface area contributed by atoms with Crippen LogP contribution in [0.2, 0.25) is 0 Å². The minimum atomic E-state index is -0.687. The Bertz CT molecular complexity index is 730. The second kappa shape index (κ2) is 7.70. The summed E-state index contributed by atoms with van der Waals surface area (Å²) in [6.45, 7) is 3.25. The van der Waals surface area contributed by atoms with E-state index < -0.39 is 6.10 Å². The van der Waals surface area contributed by atoms with Gasteiger partial charge in [-0.3, -0.25) is 4.79 Å². The zero-order chi connectivity index (χ0) is 17.8. The van der Waals surface area contributed by atoms with Gasteiger partial charge in [0.15, 0.2) is 0 Å². The average molecular weight is 338 g/mol. The van der Waals surface area contributed by atoms with Gasteiger partial charge in [0, 0.05) is 25.8 Å². The number of aliphatic hydroxyl groups is 1. The molecule has 0 unspecified atom stereocenters. The molecular weight excluding hydrogens is 312 g/mol. The number of benzene rings is 2. The number of nitrogens with zero attached hydrogens (tertiary/aromatic N) is 1. The Balaban J connectivity index is 1.62. The Morgan fingerprint density at radius 3 is 2.68 bits per heavy atom. The van der Waals surface area contributed by atoms with Crippen LogP contribution in [0.15, 0.2) is 48.5 Å². The van der Waals surface area contributed by atoms with Gasteiger partial charge in [0.25, 0.3) is 0 Å². The molecule has 0 saturated heterocycles. The largest absolute Gasteiger partial charge is 0.387 e. The highest BCUT2D eigenvalue weighted by atomic mass is 16.3. The van der Waals surface area contributed by atoms with Crippen LogP contribution in [0, 0.1) is 0 Å². The van der Waals surface area contributed by atoms with Crippen LogP contribution in [-0.2, 0) is 11.2 Å². The smallest absolute Gasteiger partial charge is 0.227 e. The van der Waals surface area contributed by atoms with Crippen molar-refractivity contribution in [2.24, 2.45) is 0 Å². The zero-order valence-electron chi connectivity index (χ0n) is 14.9. The molecule has 2 atom stereocenters. The molecular formula is C21H26N2O2. The third-order valence-corrected chi connectivity index (χ3v) is 5.01. The van der Waals surface area contributed by atoms with Crippen molar-refractivity contribution in [3.05, 3.63) is 65.2 Å². The molecule has 0 bridgehead atoms. The molecule has 0 spiro atoms. The summed E-state index contributed by atoms with van der Waals surface area (Å²) < 4.78 is 0. The summed E-state index contributed by atoms with van der Waals surface area (Å²) in [5.41, 5.74) is 4.37. The van der Waals surface area contributed by atoms with Crippen LogP contribution in [0.1, 0.15) is 42.1 Å². The monoisotopic (exact) mass is 338 g/mol. The second-order valence-corrected chi connectivity index (χ2v) is 6.69. The fraction of sp³-hybridized carbons (Fsp3) is 0.381. The minimum absolute atomic E-state index is 0.0337. The quantitative estimate of drug-likeness (QED) is 0.851. The van der Waals surface area contributed by atoms with Crippen molar-refractivity contribution in [3.8, 4) is 0 Å². The van der Waals surface area contributed by atoms with E-state index in [9.17, 15) is 9.90 Å². The first kappa shape index (κ1) is 17.5. The van der Waals surface area contributed by atoms with Crippen LogP contribution in [0.5, 0.6) is 0 Å². The molecule has 0 fully saturated rings. The highest BCUT2D eigenvalue weighted by Gasteiger charge is 2.21. The molecule has 2 aromatic carbocycles. The number of fused-ring (bicyclic) bond motifs is 1. The van der Waals surface area contributed by atoms with Crippen LogP contribution in [-0.4, -0.2) is 31.2 Å². The molecule has 1 aliphatic heterocycles. The van der Waals surface area contributed by atoms with E-state index >= 15 is 0 Å². The summed E-state index contributed by atoms with van der Waals surface area (Å²) in [5.74, 6) is -0.212. The molecule has 0 aliphatic carbocycles. The Kier molecular flexibility index (Phi) is 5.39. The van der Waals surface area contributed by atoms with Crippen molar-refractivity contribution in [2.45, 2.75) is 31.8 Å². The lowest BCUT2D eigenvalue weighted by atomic mass is 9.95. The molecule has 1 aliphatic rings. The molecule has 1 heterocycles. The van der Waals surface area contributed by atoms with Gasteiger partial charge < -0.3 is 15.3 Å². The molecule has 4 nitrogen and oxygen atoms in total. The van der Waals surface area contributed by atoms with Gasteiger partial charge in [-0.15, -0.1) is 0 Å². The first-order valence-corrected chi connectivity index (χ1v) is 8.94. The third-order valence-electron chi connectivity index (χ3n) is 5.01. The molecule has 4 heteroatoms. The number of carbonyl (C=O) groups is 1. The van der Waals surface area contributed by atoms with Crippen molar-refractivity contribution in [2.75, 3.05) is 25.0 Å². The Morgan fingerprint density at radius 2 is 1.96 bits per heavy atom. The van der Waals surface area contributed by atoms with Crippen molar-refractivity contribution in [1.29, 1.82) is 0 Å². The lowest BCUT2D eigenvalue weighted by Crippen LogP contribution is -2.32. The van der Waals surface area contributed by atoms with Gasteiger partial charge in [0.2, 0.25) is 5.91 Å². The summed E-state index contributed by atoms with van der Waals surface area (Å²) >= 11 is 0. The van der Waals surface area contributed by atoms with Gasteiger partial charge in [-0.1, -0.05) is 49.4 Å². The molecule has 0 radical (unpaired) electrons. The lowest BCUT2D eigenvalue weighted by molar-refractivity contribution is -0.123. The summed E-state index contributed by atoms with van der Waals surface area (Å²) in [5, 5.41) is 13.4. The van der Waals surface area contributed by atoms with Gasteiger partial charge in [0.1, 0.15) is 0 Å². The molecule has 1 amide bonds. The molecule has 25 heavy (non-hydrogen) atoms. The van der Waals surface area contributed by atoms with Crippen molar-refractivity contribution >= 4 is 11.6 Å². The van der Waals surface area contributed by atoms with E-state index in [2.05, 4.69) is 29.4 Å². The van der Waals surface area contributed by atoms with Gasteiger partial charge in [-0.2, -0.15) is 0 Å². The zero-order valence-corrected chi connectivity index (χ0v) is 14.9. The van der Waals surface area contributed by atoms with E-state index in [0.29, 0.717) is 0 Å². The van der Waals surface area contributed by atoms with E-state index in [1.54, 1.807) is 0 Å². The van der Waals surface area contributed by atoms with Crippen molar-refractivity contribution in [3.63, 3.8) is 0 Å². The van der Waals surface area contributed by atoms with Crippen LogP contribution in [0.3, 0.4) is 0 Å². The molecule has 0 saturated carbocycles.